The molecule has 0 amide bonds. The smallest absolute Gasteiger partial charge is 0.0833 e. The second kappa shape index (κ2) is 1.95. The topological polar surface area (TPSA) is 35.2 Å². The van der Waals surface area contributed by atoms with Gasteiger partial charge in [-0.25, -0.2) is 0 Å². The van der Waals surface area contributed by atoms with E-state index >= 15 is 0 Å². The first-order valence-electron chi connectivity index (χ1n) is 4.13. The maximum atomic E-state index is 5.93. The molecule has 10 heavy (non-hydrogen) atoms. The molecule has 2 heteroatoms. The van der Waals surface area contributed by atoms with Crippen molar-refractivity contribution in [3.63, 3.8) is 0 Å². The van der Waals surface area contributed by atoms with Crippen molar-refractivity contribution in [3.05, 3.63) is 0 Å². The van der Waals surface area contributed by atoms with E-state index in [2.05, 4.69) is 6.92 Å². The van der Waals surface area contributed by atoms with Crippen molar-refractivity contribution in [2.24, 2.45) is 11.7 Å². The van der Waals surface area contributed by atoms with Crippen LogP contribution in [0.25, 0.3) is 0 Å². The predicted molar refractivity (Wildman–Crippen MR) is 39.7 cm³/mol. The Hall–Kier alpha value is -0.0800. The molecule has 1 aliphatic heterocycles. The van der Waals surface area contributed by atoms with Crippen molar-refractivity contribution in [1.29, 1.82) is 0 Å². The molecule has 2 rings (SSSR count). The summed E-state index contributed by atoms with van der Waals surface area (Å²) in [5.74, 6) is 0.769. The number of hydrogen-bond acceptors (Lipinski definition) is 2. The van der Waals surface area contributed by atoms with Crippen molar-refractivity contribution in [2.75, 3.05) is 6.61 Å². The summed E-state index contributed by atoms with van der Waals surface area (Å²) in [6.07, 6.45) is 3.70. The Morgan fingerprint density at radius 1 is 1.40 bits per heavy atom. The highest BCUT2D eigenvalue weighted by atomic mass is 16.5. The fourth-order valence-electron chi connectivity index (χ4n) is 1.88. The molecule has 1 saturated carbocycles. The van der Waals surface area contributed by atoms with E-state index in [1.165, 1.54) is 12.8 Å². The molecule has 0 aromatic heterocycles. The summed E-state index contributed by atoms with van der Waals surface area (Å²) < 4.78 is 5.65. The van der Waals surface area contributed by atoms with Gasteiger partial charge in [0.05, 0.1) is 5.60 Å². The van der Waals surface area contributed by atoms with Gasteiger partial charge in [-0.3, -0.25) is 0 Å². The third-order valence-corrected chi connectivity index (χ3v) is 2.97. The van der Waals surface area contributed by atoms with Crippen molar-refractivity contribution < 1.29 is 4.74 Å². The summed E-state index contributed by atoms with van der Waals surface area (Å²) in [7, 11) is 0. The standard InChI is InChI=1S/C8H15NO/c1-8(6-2-3-6)7(9)4-5-10-8/h6-7H,2-5,9H2,1H3. The largest absolute Gasteiger partial charge is 0.373 e. The molecule has 2 aliphatic rings. The van der Waals surface area contributed by atoms with Crippen LogP contribution in [0.4, 0.5) is 0 Å². The van der Waals surface area contributed by atoms with E-state index in [-0.39, 0.29) is 5.60 Å². The first kappa shape index (κ1) is 6.62. The molecule has 0 spiro atoms. The lowest BCUT2D eigenvalue weighted by Crippen LogP contribution is -2.43. The summed E-state index contributed by atoms with van der Waals surface area (Å²) >= 11 is 0. The molecule has 0 aromatic rings. The minimum atomic E-state index is 0.0417. The van der Waals surface area contributed by atoms with Gasteiger partial charge in [-0.05, 0) is 32.1 Å². The SMILES string of the molecule is CC1(C2CC2)OCCC1N. The fraction of sp³-hybridized carbons (Fsp3) is 1.00. The van der Waals surface area contributed by atoms with Crippen LogP contribution in [0.5, 0.6) is 0 Å². The fourth-order valence-corrected chi connectivity index (χ4v) is 1.88. The summed E-state index contributed by atoms with van der Waals surface area (Å²) in [5.41, 5.74) is 5.97. The Labute approximate surface area is 61.7 Å². The molecule has 2 atom stereocenters. The average Bonchev–Trinajstić information content (AvgIpc) is 2.65. The van der Waals surface area contributed by atoms with Crippen LogP contribution in [0.1, 0.15) is 26.2 Å². The van der Waals surface area contributed by atoms with Gasteiger partial charge in [0.1, 0.15) is 0 Å². The van der Waals surface area contributed by atoms with Gasteiger partial charge < -0.3 is 10.5 Å². The lowest BCUT2D eigenvalue weighted by Gasteiger charge is -2.27. The van der Waals surface area contributed by atoms with Crippen LogP contribution in [0.3, 0.4) is 0 Å². The Bertz CT molecular complexity index is 144. The van der Waals surface area contributed by atoms with Gasteiger partial charge in [-0.15, -0.1) is 0 Å². The third-order valence-electron chi connectivity index (χ3n) is 2.97. The van der Waals surface area contributed by atoms with E-state index in [1.807, 2.05) is 0 Å². The maximum absolute atomic E-state index is 5.93. The van der Waals surface area contributed by atoms with E-state index < -0.39 is 0 Å². The van der Waals surface area contributed by atoms with Crippen LogP contribution in [0, 0.1) is 5.92 Å². The number of hydrogen-bond donors (Lipinski definition) is 1. The highest BCUT2D eigenvalue weighted by Crippen LogP contribution is 2.46. The molecule has 2 nitrogen and oxygen atoms in total. The summed E-state index contributed by atoms with van der Waals surface area (Å²) in [6.45, 7) is 3.04. The maximum Gasteiger partial charge on any atom is 0.0833 e. The van der Waals surface area contributed by atoms with Crippen molar-refractivity contribution in [3.8, 4) is 0 Å². The zero-order valence-electron chi connectivity index (χ0n) is 6.47. The predicted octanol–water partition coefficient (Wildman–Crippen LogP) is 0.903. The Morgan fingerprint density at radius 3 is 2.50 bits per heavy atom. The molecule has 0 bridgehead atoms. The van der Waals surface area contributed by atoms with Gasteiger partial charge in [0, 0.05) is 12.6 Å². The van der Waals surface area contributed by atoms with Crippen molar-refractivity contribution >= 4 is 0 Å². The average molecular weight is 141 g/mol. The zero-order valence-corrected chi connectivity index (χ0v) is 6.47. The second-order valence-electron chi connectivity index (χ2n) is 3.70. The summed E-state index contributed by atoms with van der Waals surface area (Å²) in [4.78, 5) is 0. The molecule has 1 saturated heterocycles. The van der Waals surface area contributed by atoms with Gasteiger partial charge in [0.25, 0.3) is 0 Å². The quantitative estimate of drug-likeness (QED) is 0.589. The molecular weight excluding hydrogens is 126 g/mol. The number of nitrogens with two attached hydrogens (primary N) is 1. The first-order valence-corrected chi connectivity index (χ1v) is 4.13. The zero-order chi connectivity index (χ0) is 7.19. The molecule has 58 valence electrons. The minimum absolute atomic E-state index is 0.0417. The van der Waals surface area contributed by atoms with Crippen LogP contribution in [0.2, 0.25) is 0 Å². The van der Waals surface area contributed by atoms with E-state index in [0.29, 0.717) is 6.04 Å². The number of rotatable bonds is 1. The normalized spacial score (nSPS) is 48.0. The molecule has 2 N–H and O–H groups in total. The van der Waals surface area contributed by atoms with Crippen LogP contribution < -0.4 is 5.73 Å². The molecule has 2 unspecified atom stereocenters. The van der Waals surface area contributed by atoms with Crippen LogP contribution in [0.15, 0.2) is 0 Å². The van der Waals surface area contributed by atoms with Crippen LogP contribution >= 0.6 is 0 Å². The molecule has 0 aromatic carbocycles. The summed E-state index contributed by atoms with van der Waals surface area (Å²) in [6, 6.07) is 0.292. The molecule has 1 heterocycles. The molecular formula is C8H15NO. The van der Waals surface area contributed by atoms with Crippen LogP contribution in [-0.2, 0) is 4.74 Å². The molecule has 1 aliphatic carbocycles. The minimum Gasteiger partial charge on any atom is -0.373 e. The summed E-state index contributed by atoms with van der Waals surface area (Å²) in [5, 5.41) is 0. The molecule has 2 fully saturated rings. The van der Waals surface area contributed by atoms with Crippen molar-refractivity contribution in [1.82, 2.24) is 0 Å². The van der Waals surface area contributed by atoms with Crippen LogP contribution in [-0.4, -0.2) is 18.2 Å². The molecule has 0 radical (unpaired) electrons. The van der Waals surface area contributed by atoms with E-state index in [9.17, 15) is 0 Å². The van der Waals surface area contributed by atoms with Gasteiger partial charge in [-0.1, -0.05) is 0 Å². The van der Waals surface area contributed by atoms with Gasteiger partial charge in [0.2, 0.25) is 0 Å². The Kier molecular flexibility index (Phi) is 1.29. The van der Waals surface area contributed by atoms with Gasteiger partial charge in [0.15, 0.2) is 0 Å². The van der Waals surface area contributed by atoms with E-state index in [4.69, 9.17) is 10.5 Å². The lowest BCUT2D eigenvalue weighted by molar-refractivity contribution is -0.00681. The lowest BCUT2D eigenvalue weighted by atomic mass is 9.92. The van der Waals surface area contributed by atoms with Gasteiger partial charge in [-0.2, -0.15) is 0 Å². The highest BCUT2D eigenvalue weighted by molar-refractivity contribution is 5.02. The van der Waals surface area contributed by atoms with E-state index in [0.717, 1.165) is 18.9 Å². The Morgan fingerprint density at radius 2 is 2.10 bits per heavy atom. The van der Waals surface area contributed by atoms with E-state index in [1.54, 1.807) is 0 Å². The van der Waals surface area contributed by atoms with Gasteiger partial charge >= 0.3 is 0 Å². The number of ether oxygens (including phenoxy) is 1. The monoisotopic (exact) mass is 141 g/mol. The first-order chi connectivity index (χ1) is 4.73. The second-order valence-corrected chi connectivity index (χ2v) is 3.70. The highest BCUT2D eigenvalue weighted by Gasteiger charge is 2.49. The van der Waals surface area contributed by atoms with Crippen molar-refractivity contribution in [2.45, 2.75) is 37.8 Å². The Balaban J connectivity index is 2.10. The third kappa shape index (κ3) is 0.789.